The minimum absolute atomic E-state index is 0.278. The van der Waals surface area contributed by atoms with Crippen LogP contribution in [0.5, 0.6) is 0 Å². The van der Waals surface area contributed by atoms with Gasteiger partial charge in [-0.25, -0.2) is 0 Å². The molecule has 0 aliphatic heterocycles. The number of hydrogen-bond donors (Lipinski definition) is 0. The third-order valence-electron chi connectivity index (χ3n) is 4.56. The predicted octanol–water partition coefficient (Wildman–Crippen LogP) is 5.33. The summed E-state index contributed by atoms with van der Waals surface area (Å²) in [4.78, 5) is 11.9. The number of carbonyl (C=O) groups is 1. The van der Waals surface area contributed by atoms with Crippen LogP contribution < -0.4 is 0 Å². The molecule has 1 saturated carbocycles. The number of rotatable bonds is 2. The Balaban J connectivity index is 1.92. The van der Waals surface area contributed by atoms with Gasteiger partial charge >= 0.3 is 0 Å². The summed E-state index contributed by atoms with van der Waals surface area (Å²) in [5, 5.41) is 1.15. The number of benzene rings is 2. The second-order valence-corrected chi connectivity index (χ2v) is 6.04. The van der Waals surface area contributed by atoms with E-state index < -0.39 is 0 Å². The molecule has 1 aliphatic carbocycles. The molecule has 1 aromatic heterocycles. The molecular weight excluding hydrogens is 272 g/mol. The smallest absolute Gasteiger partial charge is 0.138 e. The van der Waals surface area contributed by atoms with E-state index in [4.69, 9.17) is 4.42 Å². The molecule has 1 aliphatic rings. The number of ketones is 1. The molecule has 22 heavy (non-hydrogen) atoms. The third-order valence-corrected chi connectivity index (χ3v) is 4.56. The maximum Gasteiger partial charge on any atom is 0.138 e. The average molecular weight is 290 g/mol. The molecule has 1 fully saturated rings. The Morgan fingerprint density at radius 3 is 2.55 bits per heavy atom. The van der Waals surface area contributed by atoms with Crippen molar-refractivity contribution in [2.45, 2.75) is 31.6 Å². The second-order valence-electron chi connectivity index (χ2n) is 6.04. The van der Waals surface area contributed by atoms with Crippen LogP contribution in [0, 0.1) is 0 Å². The summed E-state index contributed by atoms with van der Waals surface area (Å²) < 4.78 is 6.16. The zero-order chi connectivity index (χ0) is 14.9. The van der Waals surface area contributed by atoms with Crippen molar-refractivity contribution < 1.29 is 9.21 Å². The lowest BCUT2D eigenvalue weighted by Gasteiger charge is -2.21. The van der Waals surface area contributed by atoms with Crippen LogP contribution in [0.2, 0.25) is 0 Å². The zero-order valence-electron chi connectivity index (χ0n) is 12.4. The van der Waals surface area contributed by atoms with Gasteiger partial charge in [-0.3, -0.25) is 4.79 Å². The Labute approximate surface area is 129 Å². The quantitative estimate of drug-likeness (QED) is 0.639. The Kier molecular flexibility index (Phi) is 3.30. The molecule has 0 saturated heterocycles. The van der Waals surface area contributed by atoms with Crippen LogP contribution in [0.3, 0.4) is 0 Å². The van der Waals surface area contributed by atoms with E-state index in [0.717, 1.165) is 41.6 Å². The third kappa shape index (κ3) is 2.25. The van der Waals surface area contributed by atoms with Gasteiger partial charge in [0.05, 0.1) is 0 Å². The first-order chi connectivity index (χ1) is 10.8. The molecule has 2 heteroatoms. The fourth-order valence-corrected chi connectivity index (χ4v) is 3.55. The number of furan rings is 1. The summed E-state index contributed by atoms with van der Waals surface area (Å²) in [5.74, 6) is 1.59. The van der Waals surface area contributed by atoms with Crippen molar-refractivity contribution in [3.8, 4) is 11.3 Å². The maximum absolute atomic E-state index is 11.9. The van der Waals surface area contributed by atoms with E-state index in [9.17, 15) is 4.79 Å². The van der Waals surface area contributed by atoms with Gasteiger partial charge < -0.3 is 4.42 Å². The molecule has 0 amide bonds. The fourth-order valence-electron chi connectivity index (χ4n) is 3.55. The first kappa shape index (κ1) is 13.3. The van der Waals surface area contributed by atoms with Crippen LogP contribution in [0.1, 0.15) is 37.2 Å². The molecule has 2 nitrogen and oxygen atoms in total. The summed E-state index contributed by atoms with van der Waals surface area (Å²) in [7, 11) is 0. The summed E-state index contributed by atoms with van der Waals surface area (Å²) in [5.41, 5.74) is 3.22. The normalized spacial score (nSPS) is 18.7. The Morgan fingerprint density at radius 1 is 0.955 bits per heavy atom. The van der Waals surface area contributed by atoms with Crippen molar-refractivity contribution in [3.63, 3.8) is 0 Å². The van der Waals surface area contributed by atoms with Gasteiger partial charge in [-0.15, -0.1) is 0 Å². The van der Waals surface area contributed by atoms with Gasteiger partial charge in [-0.2, -0.15) is 0 Å². The molecule has 0 N–H and O–H groups in total. The van der Waals surface area contributed by atoms with E-state index in [0.29, 0.717) is 12.2 Å². The minimum Gasteiger partial charge on any atom is -0.456 e. The van der Waals surface area contributed by atoms with Crippen molar-refractivity contribution in [1.29, 1.82) is 0 Å². The zero-order valence-corrected chi connectivity index (χ0v) is 12.4. The predicted molar refractivity (Wildman–Crippen MR) is 87.9 cm³/mol. The largest absolute Gasteiger partial charge is 0.456 e. The van der Waals surface area contributed by atoms with Gasteiger partial charge in [0, 0.05) is 29.4 Å². The Morgan fingerprint density at radius 2 is 1.73 bits per heavy atom. The van der Waals surface area contributed by atoms with Gasteiger partial charge in [0.1, 0.15) is 17.1 Å². The Bertz CT molecular complexity index is 814. The number of para-hydroxylation sites is 1. The molecule has 110 valence electrons. The highest BCUT2D eigenvalue weighted by Crippen LogP contribution is 2.43. The van der Waals surface area contributed by atoms with Crippen LogP contribution >= 0.6 is 0 Å². The molecule has 2 aromatic carbocycles. The summed E-state index contributed by atoms with van der Waals surface area (Å²) in [6.07, 6.45) is 3.42. The number of Topliss-reactive ketones (excluding diaryl/α,β-unsaturated/α-hetero) is 1. The van der Waals surface area contributed by atoms with Crippen molar-refractivity contribution in [1.82, 2.24) is 0 Å². The molecule has 4 rings (SSSR count). The lowest BCUT2D eigenvalue weighted by atomic mass is 9.81. The van der Waals surface area contributed by atoms with Crippen molar-refractivity contribution in [2.24, 2.45) is 0 Å². The molecular formula is C20H18O2. The van der Waals surface area contributed by atoms with E-state index in [1.54, 1.807) is 0 Å². The molecule has 0 spiro atoms. The van der Waals surface area contributed by atoms with E-state index >= 15 is 0 Å². The van der Waals surface area contributed by atoms with Crippen molar-refractivity contribution >= 4 is 16.8 Å². The monoisotopic (exact) mass is 290 g/mol. The highest BCUT2D eigenvalue weighted by Gasteiger charge is 2.27. The number of hydrogen-bond acceptors (Lipinski definition) is 2. The summed E-state index contributed by atoms with van der Waals surface area (Å²) in [6.45, 7) is 0. The molecule has 0 radical (unpaired) electrons. The topological polar surface area (TPSA) is 30.2 Å². The lowest BCUT2D eigenvalue weighted by Crippen LogP contribution is -2.13. The molecule has 1 heterocycles. The number of fused-ring (bicyclic) bond motifs is 1. The van der Waals surface area contributed by atoms with Gasteiger partial charge in [0.25, 0.3) is 0 Å². The first-order valence-electron chi connectivity index (χ1n) is 7.91. The van der Waals surface area contributed by atoms with Crippen LogP contribution in [-0.2, 0) is 4.79 Å². The van der Waals surface area contributed by atoms with E-state index in [1.165, 1.54) is 5.56 Å². The van der Waals surface area contributed by atoms with E-state index in [-0.39, 0.29) is 5.92 Å². The molecule has 1 atom stereocenters. The van der Waals surface area contributed by atoms with Crippen LogP contribution in [0.25, 0.3) is 22.3 Å². The summed E-state index contributed by atoms with van der Waals surface area (Å²) in [6, 6.07) is 18.4. The van der Waals surface area contributed by atoms with Crippen LogP contribution in [0.15, 0.2) is 59.0 Å². The lowest BCUT2D eigenvalue weighted by molar-refractivity contribution is -0.120. The Hall–Kier alpha value is -2.35. The second kappa shape index (κ2) is 5.45. The van der Waals surface area contributed by atoms with Gasteiger partial charge in [-0.1, -0.05) is 48.5 Å². The molecule has 3 aromatic rings. The van der Waals surface area contributed by atoms with E-state index in [2.05, 4.69) is 18.2 Å². The molecule has 0 bridgehead atoms. The van der Waals surface area contributed by atoms with E-state index in [1.807, 2.05) is 36.4 Å². The minimum atomic E-state index is 0.278. The van der Waals surface area contributed by atoms with Crippen LogP contribution in [-0.4, -0.2) is 5.78 Å². The fraction of sp³-hybridized carbons (Fsp3) is 0.250. The first-order valence-corrected chi connectivity index (χ1v) is 7.91. The number of carbonyl (C=O) groups excluding carboxylic acids is 1. The standard InChI is InChI=1S/C20H18O2/c21-16-10-6-9-15(13-16)19-17-11-4-5-12-18(17)22-20(19)14-7-2-1-3-8-14/h1-5,7-8,11-12,15H,6,9-10,13H2. The average Bonchev–Trinajstić information content (AvgIpc) is 2.95. The highest BCUT2D eigenvalue weighted by molar-refractivity contribution is 5.90. The summed E-state index contributed by atoms with van der Waals surface area (Å²) >= 11 is 0. The molecule has 1 unspecified atom stereocenters. The van der Waals surface area contributed by atoms with Crippen molar-refractivity contribution in [2.75, 3.05) is 0 Å². The van der Waals surface area contributed by atoms with Crippen LogP contribution in [0.4, 0.5) is 0 Å². The SMILES string of the molecule is O=C1CCCC(c2c(-c3ccccc3)oc3ccccc23)C1. The van der Waals surface area contributed by atoms with Gasteiger partial charge in [-0.05, 0) is 24.8 Å². The van der Waals surface area contributed by atoms with Crippen molar-refractivity contribution in [3.05, 3.63) is 60.2 Å². The highest BCUT2D eigenvalue weighted by atomic mass is 16.3. The van der Waals surface area contributed by atoms with Gasteiger partial charge in [0.15, 0.2) is 0 Å². The maximum atomic E-state index is 11.9. The van der Waals surface area contributed by atoms with Gasteiger partial charge in [0.2, 0.25) is 0 Å².